The van der Waals surface area contributed by atoms with E-state index in [1.807, 2.05) is 0 Å². The first-order valence-electron chi connectivity index (χ1n) is 5.66. The summed E-state index contributed by atoms with van der Waals surface area (Å²) in [6.45, 7) is 0. The number of H-pyrrole nitrogens is 1. The van der Waals surface area contributed by atoms with Crippen LogP contribution in [0, 0.1) is 11.6 Å². The summed E-state index contributed by atoms with van der Waals surface area (Å²) < 4.78 is 26.8. The number of halogens is 2. The van der Waals surface area contributed by atoms with Gasteiger partial charge in [0.25, 0.3) is 0 Å². The summed E-state index contributed by atoms with van der Waals surface area (Å²) in [6, 6.07) is 5.12. The minimum Gasteiger partial charge on any atom is -0.493 e. The van der Waals surface area contributed by atoms with Crippen molar-refractivity contribution in [3.05, 3.63) is 48.3 Å². The Bertz CT molecular complexity index is 799. The number of pyridine rings is 1. The average Bonchev–Trinajstić information content (AvgIpc) is 2.74. The second-order valence-electron chi connectivity index (χ2n) is 4.04. The molecule has 2 heterocycles. The van der Waals surface area contributed by atoms with Crippen LogP contribution in [0.15, 0.2) is 46.9 Å². The highest BCUT2D eigenvalue weighted by molar-refractivity contribution is 5.94. The van der Waals surface area contributed by atoms with Crippen LogP contribution in [0.1, 0.15) is 0 Å². The molecule has 3 rings (SSSR count). The molecule has 2 N–H and O–H groups in total. The van der Waals surface area contributed by atoms with Crippen LogP contribution in [0.5, 0.6) is 5.88 Å². The predicted octanol–water partition coefficient (Wildman–Crippen LogP) is 3.96. The van der Waals surface area contributed by atoms with Crippen molar-refractivity contribution in [1.82, 2.24) is 9.97 Å². The van der Waals surface area contributed by atoms with Crippen LogP contribution >= 0.6 is 0 Å². The number of hydrogen-bond donors (Lipinski definition) is 2. The SMILES string of the molecule is Oc1[nH]c2c(F)cc(F)cc2c1N=Nc1cccnc1. The summed E-state index contributed by atoms with van der Waals surface area (Å²) in [7, 11) is 0. The molecule has 0 radical (unpaired) electrons. The van der Waals surface area contributed by atoms with E-state index in [2.05, 4.69) is 20.2 Å². The van der Waals surface area contributed by atoms with Crippen LogP contribution in [0.4, 0.5) is 20.2 Å². The first kappa shape index (κ1) is 12.2. The van der Waals surface area contributed by atoms with Crippen molar-refractivity contribution < 1.29 is 13.9 Å². The number of rotatable bonds is 2. The Balaban J connectivity index is 2.12. The molecular weight excluding hydrogens is 266 g/mol. The standard InChI is InChI=1S/C13H8F2N4O/c14-7-4-9-11(10(15)5-7)17-13(20)12(9)19-18-8-2-1-3-16-6-8/h1-6,17,20H. The van der Waals surface area contributed by atoms with Gasteiger partial charge in [0.1, 0.15) is 17.3 Å². The topological polar surface area (TPSA) is 73.6 Å². The van der Waals surface area contributed by atoms with Crippen LogP contribution in [-0.2, 0) is 0 Å². The van der Waals surface area contributed by atoms with Gasteiger partial charge in [0, 0.05) is 17.6 Å². The third-order valence-electron chi connectivity index (χ3n) is 2.69. The van der Waals surface area contributed by atoms with E-state index in [9.17, 15) is 13.9 Å². The van der Waals surface area contributed by atoms with E-state index < -0.39 is 11.6 Å². The number of hydrogen-bond acceptors (Lipinski definition) is 4. The van der Waals surface area contributed by atoms with Crippen molar-refractivity contribution >= 4 is 22.3 Å². The molecular formula is C13H8F2N4O. The van der Waals surface area contributed by atoms with E-state index in [0.29, 0.717) is 5.69 Å². The number of fused-ring (bicyclic) bond motifs is 1. The summed E-state index contributed by atoms with van der Waals surface area (Å²) in [4.78, 5) is 6.26. The maximum absolute atomic E-state index is 13.5. The summed E-state index contributed by atoms with van der Waals surface area (Å²) in [5, 5.41) is 17.5. The zero-order valence-electron chi connectivity index (χ0n) is 10.0. The van der Waals surface area contributed by atoms with Crippen molar-refractivity contribution in [3.8, 4) is 5.88 Å². The number of nitrogens with zero attached hydrogens (tertiary/aromatic N) is 3. The van der Waals surface area contributed by atoms with Gasteiger partial charge in [-0.25, -0.2) is 8.78 Å². The Morgan fingerprint density at radius 2 is 2.05 bits per heavy atom. The molecule has 0 bridgehead atoms. The van der Waals surface area contributed by atoms with Crippen molar-refractivity contribution in [2.24, 2.45) is 10.2 Å². The molecule has 0 amide bonds. The van der Waals surface area contributed by atoms with E-state index in [4.69, 9.17) is 0 Å². The second-order valence-corrected chi connectivity index (χ2v) is 4.04. The molecule has 0 aliphatic rings. The zero-order chi connectivity index (χ0) is 14.1. The highest BCUT2D eigenvalue weighted by Crippen LogP contribution is 2.37. The smallest absolute Gasteiger partial charge is 0.218 e. The van der Waals surface area contributed by atoms with Gasteiger partial charge in [-0.2, -0.15) is 0 Å². The number of aromatic amines is 1. The lowest BCUT2D eigenvalue weighted by atomic mass is 10.2. The summed E-state index contributed by atoms with van der Waals surface area (Å²) in [5.74, 6) is -1.94. The van der Waals surface area contributed by atoms with E-state index in [-0.39, 0.29) is 22.5 Å². The molecule has 3 aromatic rings. The van der Waals surface area contributed by atoms with Crippen molar-refractivity contribution in [3.63, 3.8) is 0 Å². The van der Waals surface area contributed by atoms with Gasteiger partial charge in [-0.05, 0) is 18.2 Å². The maximum atomic E-state index is 13.5. The molecule has 0 aliphatic heterocycles. The van der Waals surface area contributed by atoms with Gasteiger partial charge in [0.05, 0.1) is 11.7 Å². The largest absolute Gasteiger partial charge is 0.493 e. The van der Waals surface area contributed by atoms with E-state index in [0.717, 1.165) is 12.1 Å². The average molecular weight is 274 g/mol. The molecule has 20 heavy (non-hydrogen) atoms. The normalized spacial score (nSPS) is 11.5. The minimum atomic E-state index is -0.807. The molecule has 5 nitrogen and oxygen atoms in total. The Labute approximate surface area is 111 Å². The number of nitrogens with one attached hydrogen (secondary N) is 1. The van der Waals surface area contributed by atoms with E-state index >= 15 is 0 Å². The second kappa shape index (κ2) is 4.69. The third kappa shape index (κ3) is 2.09. The quantitative estimate of drug-likeness (QED) is 0.694. The number of benzene rings is 1. The molecule has 0 unspecified atom stereocenters. The third-order valence-corrected chi connectivity index (χ3v) is 2.69. The van der Waals surface area contributed by atoms with Crippen LogP contribution in [-0.4, -0.2) is 15.1 Å². The zero-order valence-corrected chi connectivity index (χ0v) is 10.0. The Morgan fingerprint density at radius 3 is 2.80 bits per heavy atom. The van der Waals surface area contributed by atoms with Gasteiger partial charge < -0.3 is 10.1 Å². The van der Waals surface area contributed by atoms with Gasteiger partial charge in [-0.3, -0.25) is 4.98 Å². The highest BCUT2D eigenvalue weighted by Gasteiger charge is 2.15. The fourth-order valence-corrected chi connectivity index (χ4v) is 1.81. The monoisotopic (exact) mass is 274 g/mol. The predicted molar refractivity (Wildman–Crippen MR) is 68.3 cm³/mol. The summed E-state index contributed by atoms with van der Waals surface area (Å²) >= 11 is 0. The number of aromatic hydroxyl groups is 1. The number of azo groups is 1. The highest BCUT2D eigenvalue weighted by atomic mass is 19.1. The van der Waals surface area contributed by atoms with Gasteiger partial charge >= 0.3 is 0 Å². The number of aromatic nitrogens is 2. The van der Waals surface area contributed by atoms with E-state index in [1.54, 1.807) is 18.3 Å². The van der Waals surface area contributed by atoms with Crippen molar-refractivity contribution in [2.75, 3.05) is 0 Å². The molecule has 0 spiro atoms. The molecule has 7 heteroatoms. The van der Waals surface area contributed by atoms with E-state index in [1.165, 1.54) is 6.20 Å². The lowest BCUT2D eigenvalue weighted by molar-refractivity contribution is 0.459. The lowest BCUT2D eigenvalue weighted by Crippen LogP contribution is -1.80. The fourth-order valence-electron chi connectivity index (χ4n) is 1.81. The van der Waals surface area contributed by atoms with Crippen LogP contribution in [0.25, 0.3) is 10.9 Å². The first-order valence-corrected chi connectivity index (χ1v) is 5.66. The van der Waals surface area contributed by atoms with Crippen molar-refractivity contribution in [1.29, 1.82) is 0 Å². The van der Waals surface area contributed by atoms with Crippen LogP contribution in [0.2, 0.25) is 0 Å². The molecule has 1 aromatic carbocycles. The van der Waals surface area contributed by atoms with Gasteiger partial charge in [-0.1, -0.05) is 0 Å². The Morgan fingerprint density at radius 1 is 1.20 bits per heavy atom. The molecule has 0 atom stereocenters. The summed E-state index contributed by atoms with van der Waals surface area (Å²) in [6.07, 6.45) is 3.05. The van der Waals surface area contributed by atoms with Crippen LogP contribution in [0.3, 0.4) is 0 Å². The first-order chi connectivity index (χ1) is 9.65. The molecule has 0 aliphatic carbocycles. The lowest BCUT2D eigenvalue weighted by Gasteiger charge is -1.94. The van der Waals surface area contributed by atoms with Crippen molar-refractivity contribution in [2.45, 2.75) is 0 Å². The summed E-state index contributed by atoms with van der Waals surface area (Å²) in [5.41, 5.74) is 0.407. The molecule has 2 aromatic heterocycles. The Kier molecular flexibility index (Phi) is 2.86. The molecule has 100 valence electrons. The van der Waals surface area contributed by atoms with Crippen LogP contribution < -0.4 is 0 Å². The Hall–Kier alpha value is -2.83. The van der Waals surface area contributed by atoms with Gasteiger partial charge in [-0.15, -0.1) is 10.2 Å². The molecule has 0 saturated carbocycles. The minimum absolute atomic E-state index is 0.0240. The maximum Gasteiger partial charge on any atom is 0.218 e. The van der Waals surface area contributed by atoms with Gasteiger partial charge in [0.2, 0.25) is 5.88 Å². The molecule has 0 saturated heterocycles. The molecule has 0 fully saturated rings. The van der Waals surface area contributed by atoms with Gasteiger partial charge in [0.15, 0.2) is 5.69 Å². The fraction of sp³-hybridized carbons (Fsp3) is 0.